The number of methoxy groups -OCH3 is 1. The van der Waals surface area contributed by atoms with E-state index in [2.05, 4.69) is 12.1 Å². The van der Waals surface area contributed by atoms with E-state index in [0.29, 0.717) is 11.5 Å². The van der Waals surface area contributed by atoms with Crippen LogP contribution >= 0.6 is 0 Å². The zero-order valence-electron chi connectivity index (χ0n) is 14.2. The molecule has 0 atom stereocenters. The van der Waals surface area contributed by atoms with Gasteiger partial charge in [-0.1, -0.05) is 30.3 Å². The maximum absolute atomic E-state index is 10.3. The predicted octanol–water partition coefficient (Wildman–Crippen LogP) is 5.10. The summed E-state index contributed by atoms with van der Waals surface area (Å²) in [5.74, 6) is 2.36. The first kappa shape index (κ1) is 14.9. The summed E-state index contributed by atoms with van der Waals surface area (Å²) < 4.78 is 16.7. The fourth-order valence-electron chi connectivity index (χ4n) is 3.64. The molecule has 1 N–H and O–H groups in total. The lowest BCUT2D eigenvalue weighted by Crippen LogP contribution is -1.92. The summed E-state index contributed by atoms with van der Waals surface area (Å²) in [6.45, 7) is 0.213. The Morgan fingerprint density at radius 1 is 0.846 bits per heavy atom. The van der Waals surface area contributed by atoms with Gasteiger partial charge in [0.15, 0.2) is 11.5 Å². The lowest BCUT2D eigenvalue weighted by Gasteiger charge is -2.15. The molecule has 0 spiro atoms. The molecule has 4 heteroatoms. The molecule has 1 aliphatic heterocycles. The zero-order chi connectivity index (χ0) is 17.7. The molecule has 5 rings (SSSR count). The topological polar surface area (TPSA) is 47.9 Å². The summed E-state index contributed by atoms with van der Waals surface area (Å²) in [5, 5.41) is 14.4. The molecule has 0 aromatic heterocycles. The van der Waals surface area contributed by atoms with E-state index >= 15 is 0 Å². The minimum atomic E-state index is 0.196. The molecule has 0 fully saturated rings. The van der Waals surface area contributed by atoms with Gasteiger partial charge in [0, 0.05) is 5.56 Å². The lowest BCUT2D eigenvalue weighted by molar-refractivity contribution is 0.174. The van der Waals surface area contributed by atoms with Gasteiger partial charge in [0.25, 0.3) is 0 Å². The first-order valence-corrected chi connectivity index (χ1v) is 8.37. The molecule has 0 saturated heterocycles. The van der Waals surface area contributed by atoms with Gasteiger partial charge in [-0.25, -0.2) is 0 Å². The highest BCUT2D eigenvalue weighted by Crippen LogP contribution is 2.45. The Bertz CT molecular complexity index is 1160. The van der Waals surface area contributed by atoms with Crippen LogP contribution in [0.1, 0.15) is 0 Å². The maximum atomic E-state index is 10.3. The quantitative estimate of drug-likeness (QED) is 0.549. The summed E-state index contributed by atoms with van der Waals surface area (Å²) in [7, 11) is 1.66. The third-order valence-corrected chi connectivity index (χ3v) is 4.81. The molecular formula is C22H16O4. The van der Waals surface area contributed by atoms with Crippen molar-refractivity contribution in [1.29, 1.82) is 0 Å². The number of rotatable bonds is 2. The summed E-state index contributed by atoms with van der Waals surface area (Å²) in [6.07, 6.45) is 0. The second-order valence-corrected chi connectivity index (χ2v) is 6.28. The van der Waals surface area contributed by atoms with Gasteiger partial charge in [0.1, 0.15) is 11.5 Å². The average molecular weight is 344 g/mol. The van der Waals surface area contributed by atoms with E-state index in [1.165, 1.54) is 0 Å². The number of hydrogen-bond acceptors (Lipinski definition) is 4. The molecule has 4 nitrogen and oxygen atoms in total. The van der Waals surface area contributed by atoms with Gasteiger partial charge in [-0.05, 0) is 57.4 Å². The van der Waals surface area contributed by atoms with Crippen LogP contribution in [0.15, 0.2) is 60.7 Å². The number of ether oxygens (including phenoxy) is 3. The van der Waals surface area contributed by atoms with Gasteiger partial charge < -0.3 is 19.3 Å². The Morgan fingerprint density at radius 2 is 1.65 bits per heavy atom. The Labute approximate surface area is 150 Å². The van der Waals surface area contributed by atoms with Crippen LogP contribution in [0.4, 0.5) is 0 Å². The fourth-order valence-corrected chi connectivity index (χ4v) is 3.64. The number of aromatic hydroxyl groups is 1. The van der Waals surface area contributed by atoms with Crippen molar-refractivity contribution in [2.24, 2.45) is 0 Å². The van der Waals surface area contributed by atoms with Crippen molar-refractivity contribution in [3.63, 3.8) is 0 Å². The van der Waals surface area contributed by atoms with Crippen molar-refractivity contribution < 1.29 is 19.3 Å². The van der Waals surface area contributed by atoms with E-state index in [9.17, 15) is 5.11 Å². The molecule has 0 aliphatic carbocycles. The summed E-state index contributed by atoms with van der Waals surface area (Å²) in [4.78, 5) is 0. The Balaban J connectivity index is 1.92. The highest BCUT2D eigenvalue weighted by Gasteiger charge is 2.19. The van der Waals surface area contributed by atoms with E-state index in [-0.39, 0.29) is 12.5 Å². The Hall–Kier alpha value is -3.40. The van der Waals surface area contributed by atoms with Crippen LogP contribution in [0, 0.1) is 0 Å². The number of phenols is 1. The fraction of sp³-hybridized carbons (Fsp3) is 0.0909. The molecule has 0 bridgehead atoms. The summed E-state index contributed by atoms with van der Waals surface area (Å²) in [6, 6.07) is 19.5. The van der Waals surface area contributed by atoms with Gasteiger partial charge in [-0.2, -0.15) is 0 Å². The molecule has 128 valence electrons. The van der Waals surface area contributed by atoms with Gasteiger partial charge >= 0.3 is 0 Å². The second-order valence-electron chi connectivity index (χ2n) is 6.28. The monoisotopic (exact) mass is 344 g/mol. The minimum absolute atomic E-state index is 0.196. The Kier molecular flexibility index (Phi) is 3.19. The zero-order valence-corrected chi connectivity index (χ0v) is 14.2. The van der Waals surface area contributed by atoms with E-state index < -0.39 is 0 Å². The molecule has 0 unspecified atom stereocenters. The van der Waals surface area contributed by atoms with Crippen LogP contribution in [0.2, 0.25) is 0 Å². The number of hydrogen-bond donors (Lipinski definition) is 1. The van der Waals surface area contributed by atoms with E-state index in [1.54, 1.807) is 19.2 Å². The Morgan fingerprint density at radius 3 is 2.50 bits per heavy atom. The average Bonchev–Trinajstić information content (AvgIpc) is 3.12. The SMILES string of the molecule is COc1ccc2ccccc2c1-c1cc(O)cc2cc3c(cc12)OCO3. The highest BCUT2D eigenvalue weighted by molar-refractivity contribution is 6.08. The van der Waals surface area contributed by atoms with Crippen molar-refractivity contribution in [3.05, 3.63) is 60.7 Å². The van der Waals surface area contributed by atoms with Crippen molar-refractivity contribution in [2.45, 2.75) is 0 Å². The van der Waals surface area contributed by atoms with Crippen molar-refractivity contribution in [3.8, 4) is 34.1 Å². The molecular weight excluding hydrogens is 328 g/mol. The molecule has 0 radical (unpaired) electrons. The van der Waals surface area contributed by atoms with Crippen LogP contribution in [-0.2, 0) is 0 Å². The number of phenolic OH excluding ortho intramolecular Hbond substituents is 1. The normalized spacial score (nSPS) is 12.7. The highest BCUT2D eigenvalue weighted by atomic mass is 16.7. The van der Waals surface area contributed by atoms with Gasteiger partial charge in [-0.15, -0.1) is 0 Å². The molecule has 1 aliphatic rings. The third kappa shape index (κ3) is 2.15. The van der Waals surface area contributed by atoms with Gasteiger partial charge in [0.05, 0.1) is 7.11 Å². The van der Waals surface area contributed by atoms with Crippen LogP contribution in [-0.4, -0.2) is 19.0 Å². The minimum Gasteiger partial charge on any atom is -0.508 e. The number of benzene rings is 4. The van der Waals surface area contributed by atoms with E-state index in [1.807, 2.05) is 36.4 Å². The first-order chi connectivity index (χ1) is 12.7. The predicted molar refractivity (Wildman–Crippen MR) is 101 cm³/mol. The second kappa shape index (κ2) is 5.56. The number of fused-ring (bicyclic) bond motifs is 3. The van der Waals surface area contributed by atoms with Crippen LogP contribution in [0.3, 0.4) is 0 Å². The first-order valence-electron chi connectivity index (χ1n) is 8.37. The van der Waals surface area contributed by atoms with Gasteiger partial charge in [-0.3, -0.25) is 0 Å². The van der Waals surface area contributed by atoms with Crippen molar-refractivity contribution in [2.75, 3.05) is 13.9 Å². The molecule has 0 saturated carbocycles. The standard InChI is InChI=1S/C22H16O4/c1-24-19-7-6-13-4-2-3-5-16(13)22(19)18-10-15(23)8-14-9-20-21(11-17(14)18)26-12-25-20/h2-11,23H,12H2,1H3. The molecule has 4 aromatic carbocycles. The van der Waals surface area contributed by atoms with Crippen molar-refractivity contribution >= 4 is 21.5 Å². The summed E-state index contributed by atoms with van der Waals surface area (Å²) in [5.41, 5.74) is 1.84. The maximum Gasteiger partial charge on any atom is 0.231 e. The molecule has 1 heterocycles. The smallest absolute Gasteiger partial charge is 0.231 e. The lowest BCUT2D eigenvalue weighted by atomic mass is 9.92. The molecule has 4 aromatic rings. The summed E-state index contributed by atoms with van der Waals surface area (Å²) >= 11 is 0. The van der Waals surface area contributed by atoms with Crippen LogP contribution in [0.5, 0.6) is 23.0 Å². The third-order valence-electron chi connectivity index (χ3n) is 4.81. The van der Waals surface area contributed by atoms with Crippen LogP contribution < -0.4 is 14.2 Å². The van der Waals surface area contributed by atoms with Gasteiger partial charge in [0.2, 0.25) is 6.79 Å². The van der Waals surface area contributed by atoms with E-state index in [4.69, 9.17) is 14.2 Å². The molecule has 26 heavy (non-hydrogen) atoms. The molecule has 0 amide bonds. The van der Waals surface area contributed by atoms with Crippen molar-refractivity contribution in [1.82, 2.24) is 0 Å². The van der Waals surface area contributed by atoms with E-state index in [0.717, 1.165) is 38.4 Å². The van der Waals surface area contributed by atoms with Crippen LogP contribution in [0.25, 0.3) is 32.7 Å². The largest absolute Gasteiger partial charge is 0.508 e.